The molecule has 0 bridgehead atoms. The van der Waals surface area contributed by atoms with Gasteiger partial charge in [-0.2, -0.15) is 0 Å². The molecule has 0 amide bonds. The lowest BCUT2D eigenvalue weighted by Gasteiger charge is -2.06. The highest BCUT2D eigenvalue weighted by Crippen LogP contribution is 2.24. The van der Waals surface area contributed by atoms with Crippen LogP contribution >= 0.6 is 11.6 Å². The molecule has 0 fully saturated rings. The van der Waals surface area contributed by atoms with E-state index in [4.69, 9.17) is 11.6 Å². The monoisotopic (exact) mass is 283 g/mol. The highest BCUT2D eigenvalue weighted by molar-refractivity contribution is 7.96. The van der Waals surface area contributed by atoms with Gasteiger partial charge in [0.15, 0.2) is 0 Å². The first-order valence-corrected chi connectivity index (χ1v) is 7.03. The molecule has 0 saturated carbocycles. The molecule has 0 aliphatic heterocycles. The van der Waals surface area contributed by atoms with E-state index < -0.39 is 15.3 Å². The number of hydrogen-bond donors (Lipinski definition) is 1. The maximum Gasteiger partial charge on any atom is 0.261 e. The van der Waals surface area contributed by atoms with E-state index in [0.717, 1.165) is 0 Å². The van der Waals surface area contributed by atoms with Crippen molar-refractivity contribution >= 4 is 32.6 Å². The minimum absolute atomic E-state index is 0.0651. The van der Waals surface area contributed by atoms with Crippen molar-refractivity contribution in [2.75, 3.05) is 4.72 Å². The molecule has 0 aromatic heterocycles. The van der Waals surface area contributed by atoms with Crippen LogP contribution in [0.2, 0.25) is 0 Å². The van der Waals surface area contributed by atoms with Crippen LogP contribution in [0.4, 0.5) is 5.69 Å². The topological polar surface area (TPSA) is 63.2 Å². The molecule has 2 rings (SSSR count). The predicted molar refractivity (Wildman–Crippen MR) is 70.6 cm³/mol. The van der Waals surface area contributed by atoms with Gasteiger partial charge < -0.3 is 0 Å². The largest absolute Gasteiger partial charge is 0.280 e. The van der Waals surface area contributed by atoms with Gasteiger partial charge in [-0.3, -0.25) is 9.52 Å². The van der Waals surface area contributed by atoms with Gasteiger partial charge in [0.1, 0.15) is 0 Å². The number of nitrogens with one attached hydrogen (secondary N) is 1. The Hall–Kier alpha value is -1.59. The fourth-order valence-electron chi connectivity index (χ4n) is 1.54. The van der Waals surface area contributed by atoms with E-state index in [2.05, 4.69) is 4.72 Å². The Kier molecular flexibility index (Phi) is 3.54. The van der Waals surface area contributed by atoms with Crippen molar-refractivity contribution < 1.29 is 13.2 Å². The van der Waals surface area contributed by atoms with Crippen LogP contribution in [0.5, 0.6) is 0 Å². The Labute approximate surface area is 110 Å². The molecule has 0 radical (unpaired) electrons. The summed E-state index contributed by atoms with van der Waals surface area (Å²) in [6.07, 6.45) is 2.99. The van der Waals surface area contributed by atoms with Gasteiger partial charge in [-0.25, -0.2) is 8.42 Å². The number of carbonyl (C=O) groups excluding carboxylic acids is 1. The number of benzene rings is 1. The summed E-state index contributed by atoms with van der Waals surface area (Å²) < 4.78 is 26.4. The van der Waals surface area contributed by atoms with Crippen molar-refractivity contribution in [2.24, 2.45) is 0 Å². The molecule has 1 aliphatic carbocycles. The van der Waals surface area contributed by atoms with Gasteiger partial charge in [-0.05, 0) is 36.2 Å². The van der Waals surface area contributed by atoms with Crippen molar-refractivity contribution in [3.8, 4) is 0 Å². The summed E-state index contributed by atoms with van der Waals surface area (Å²) in [5, 5.41) is -0.629. The molecule has 0 atom stereocenters. The van der Waals surface area contributed by atoms with Crippen LogP contribution in [0, 0.1) is 0 Å². The highest BCUT2D eigenvalue weighted by Gasteiger charge is 2.22. The van der Waals surface area contributed by atoms with Gasteiger partial charge in [0.2, 0.25) is 5.24 Å². The molecule has 4 nitrogen and oxygen atoms in total. The number of allylic oxidation sites excluding steroid dienone is 3. The zero-order valence-corrected chi connectivity index (χ0v) is 10.8. The van der Waals surface area contributed by atoms with Crippen molar-refractivity contribution in [3.05, 3.63) is 53.0 Å². The van der Waals surface area contributed by atoms with Crippen LogP contribution in [0.15, 0.2) is 53.0 Å². The smallest absolute Gasteiger partial charge is 0.261 e. The van der Waals surface area contributed by atoms with E-state index in [1.807, 2.05) is 0 Å². The molecule has 0 spiro atoms. The Balaban J connectivity index is 2.21. The second-order valence-electron chi connectivity index (χ2n) is 3.73. The minimum atomic E-state index is -3.66. The minimum Gasteiger partial charge on any atom is -0.280 e. The third kappa shape index (κ3) is 2.80. The van der Waals surface area contributed by atoms with Crippen molar-refractivity contribution in [1.29, 1.82) is 0 Å². The summed E-state index contributed by atoms with van der Waals surface area (Å²) in [4.78, 5) is 11.0. The lowest BCUT2D eigenvalue weighted by molar-refractivity contribution is -0.108. The van der Waals surface area contributed by atoms with Crippen LogP contribution in [0.1, 0.15) is 6.42 Å². The van der Waals surface area contributed by atoms with Gasteiger partial charge in [-0.1, -0.05) is 24.3 Å². The number of halogens is 1. The predicted octanol–water partition coefficient (Wildman–Crippen LogP) is 2.41. The lowest BCUT2D eigenvalue weighted by atomic mass is 10.3. The van der Waals surface area contributed by atoms with E-state index >= 15 is 0 Å². The summed E-state index contributed by atoms with van der Waals surface area (Å²) in [7, 11) is -3.66. The number of anilines is 1. The Bertz CT molecular complexity index is 633. The van der Waals surface area contributed by atoms with E-state index in [-0.39, 0.29) is 16.9 Å². The fourth-order valence-corrected chi connectivity index (χ4v) is 2.84. The fraction of sp³-hybridized carbons (Fsp3) is 0.0833. The summed E-state index contributed by atoms with van der Waals surface area (Å²) >= 11 is 5.30. The molecule has 1 aliphatic rings. The number of carbonyl (C=O) groups is 1. The van der Waals surface area contributed by atoms with Gasteiger partial charge in [0.05, 0.1) is 4.91 Å². The summed E-state index contributed by atoms with van der Waals surface area (Å²) in [5.41, 5.74) is 0.752. The second-order valence-corrected chi connectivity index (χ2v) is 5.75. The third-order valence-corrected chi connectivity index (χ3v) is 4.08. The first kappa shape index (κ1) is 12.9. The number of hydrogen-bond acceptors (Lipinski definition) is 3. The molecule has 1 N–H and O–H groups in total. The number of para-hydroxylation sites is 1. The van der Waals surface area contributed by atoms with Gasteiger partial charge in [-0.15, -0.1) is 0 Å². The van der Waals surface area contributed by atoms with Crippen molar-refractivity contribution in [3.63, 3.8) is 0 Å². The van der Waals surface area contributed by atoms with Crippen LogP contribution in [0.3, 0.4) is 0 Å². The third-order valence-electron chi connectivity index (χ3n) is 2.43. The molecule has 0 heterocycles. The maximum absolute atomic E-state index is 12.0. The molecule has 0 unspecified atom stereocenters. The first-order valence-electron chi connectivity index (χ1n) is 5.17. The Morgan fingerprint density at radius 2 is 1.89 bits per heavy atom. The van der Waals surface area contributed by atoms with Crippen LogP contribution in [-0.2, 0) is 14.8 Å². The zero-order valence-electron chi connectivity index (χ0n) is 9.26. The normalized spacial score (nSPS) is 14.9. The van der Waals surface area contributed by atoms with Crippen LogP contribution < -0.4 is 4.72 Å². The van der Waals surface area contributed by atoms with E-state index in [9.17, 15) is 13.2 Å². The highest BCUT2D eigenvalue weighted by atomic mass is 35.5. The number of rotatable bonds is 4. The van der Waals surface area contributed by atoms with E-state index in [1.54, 1.807) is 30.3 Å². The first-order chi connectivity index (χ1) is 8.49. The molecule has 6 heteroatoms. The van der Waals surface area contributed by atoms with Crippen LogP contribution in [-0.4, -0.2) is 13.7 Å². The standard InChI is InChI=1S/C12H10ClNO3S/c13-12(15)9-6-7-11(8-9)18(16,17)14-10-4-2-1-3-5-10/h1-5,7-8,14H,6H2. The van der Waals surface area contributed by atoms with E-state index in [1.165, 1.54) is 12.2 Å². The average molecular weight is 284 g/mol. The van der Waals surface area contributed by atoms with Gasteiger partial charge in [0.25, 0.3) is 10.0 Å². The SMILES string of the molecule is O=C(Cl)C1=CC(S(=O)(=O)Nc2ccccc2)=CC1. The molecule has 1 aromatic carbocycles. The zero-order chi connectivity index (χ0) is 13.2. The van der Waals surface area contributed by atoms with Crippen molar-refractivity contribution in [1.82, 2.24) is 0 Å². The molecule has 18 heavy (non-hydrogen) atoms. The Morgan fingerprint density at radius 3 is 2.44 bits per heavy atom. The summed E-state index contributed by atoms with van der Waals surface area (Å²) in [6, 6.07) is 8.53. The molecular weight excluding hydrogens is 274 g/mol. The van der Waals surface area contributed by atoms with Gasteiger partial charge >= 0.3 is 0 Å². The van der Waals surface area contributed by atoms with Crippen molar-refractivity contribution in [2.45, 2.75) is 6.42 Å². The second kappa shape index (κ2) is 4.96. The quantitative estimate of drug-likeness (QED) is 0.863. The summed E-state index contributed by atoms with van der Waals surface area (Å²) in [5.74, 6) is 0. The summed E-state index contributed by atoms with van der Waals surface area (Å²) in [6.45, 7) is 0. The molecule has 94 valence electrons. The van der Waals surface area contributed by atoms with Crippen LogP contribution in [0.25, 0.3) is 0 Å². The molecule has 1 aromatic rings. The lowest BCUT2D eigenvalue weighted by Crippen LogP contribution is -2.13. The average Bonchev–Trinajstić information content (AvgIpc) is 2.79. The Morgan fingerprint density at radius 1 is 1.22 bits per heavy atom. The molecule has 0 saturated heterocycles. The van der Waals surface area contributed by atoms with Gasteiger partial charge in [0, 0.05) is 11.3 Å². The maximum atomic E-state index is 12.0. The van der Waals surface area contributed by atoms with E-state index in [0.29, 0.717) is 5.69 Å². The molecular formula is C12H10ClNO3S. The number of sulfonamides is 1.